The van der Waals surface area contributed by atoms with Crippen LogP contribution in [-0.2, 0) is 39.9 Å². The lowest BCUT2D eigenvalue weighted by Crippen LogP contribution is -2.53. The van der Waals surface area contributed by atoms with Crippen LogP contribution in [0.1, 0.15) is 56.8 Å². The van der Waals surface area contributed by atoms with Crippen LogP contribution in [0, 0.1) is 5.41 Å². The number of carboxylic acids is 1. The molecule has 0 radical (unpaired) electrons. The zero-order chi connectivity index (χ0) is 34.7. The lowest BCUT2D eigenvalue weighted by atomic mass is 9.87. The molecule has 2 aromatic carbocycles. The molecule has 0 aliphatic carbocycles. The maximum absolute atomic E-state index is 13.8. The second-order valence-electron chi connectivity index (χ2n) is 11.6. The van der Waals surface area contributed by atoms with E-state index in [1.807, 2.05) is 6.07 Å². The number of amides is 1. The maximum atomic E-state index is 13.8. The molecule has 2 aromatic rings. The summed E-state index contributed by atoms with van der Waals surface area (Å²) in [6.45, 7) is 5.39. The van der Waals surface area contributed by atoms with Crippen molar-refractivity contribution in [2.75, 3.05) is 34.0 Å². The fourth-order valence-electron chi connectivity index (χ4n) is 5.07. The number of hydrogen-bond donors (Lipinski definition) is 2. The number of Topliss-reactive ketones (excluding diaryl/α,β-unsaturated/α-hetero) is 1. The van der Waals surface area contributed by atoms with Crippen LogP contribution in [0.25, 0.3) is 0 Å². The van der Waals surface area contributed by atoms with Gasteiger partial charge in [-0.3, -0.25) is 9.59 Å². The van der Waals surface area contributed by atoms with E-state index < -0.39 is 53.8 Å². The quantitative estimate of drug-likeness (QED) is 0.152. The molecule has 0 aromatic heterocycles. The molecule has 1 fully saturated rings. The summed E-state index contributed by atoms with van der Waals surface area (Å²) in [7, 11) is 3.02. The molecular formula is C34H41NO12. The fourth-order valence-corrected chi connectivity index (χ4v) is 5.07. The van der Waals surface area contributed by atoms with Gasteiger partial charge >= 0.3 is 17.9 Å². The van der Waals surface area contributed by atoms with Crippen LogP contribution in [0.4, 0.5) is 0 Å². The third kappa shape index (κ3) is 9.71. The highest BCUT2D eigenvalue weighted by Gasteiger charge is 2.42. The minimum Gasteiger partial charge on any atom is -0.508 e. The first-order chi connectivity index (χ1) is 22.3. The minimum absolute atomic E-state index is 0.131. The van der Waals surface area contributed by atoms with Crippen LogP contribution in [0.15, 0.2) is 49.1 Å². The molecule has 0 saturated carbocycles. The monoisotopic (exact) mass is 655 g/mol. The first-order valence-corrected chi connectivity index (χ1v) is 15.0. The van der Waals surface area contributed by atoms with Gasteiger partial charge in [-0.25, -0.2) is 14.4 Å². The topological polar surface area (TPSA) is 175 Å². The highest BCUT2D eigenvalue weighted by Crippen LogP contribution is 2.36. The number of carboxylic acid groups (broad SMARTS) is 1. The van der Waals surface area contributed by atoms with Crippen molar-refractivity contribution >= 4 is 29.6 Å². The number of esters is 2. The Labute approximate surface area is 273 Å². The van der Waals surface area contributed by atoms with Crippen molar-refractivity contribution in [2.24, 2.45) is 5.41 Å². The van der Waals surface area contributed by atoms with Gasteiger partial charge in [0, 0.05) is 18.2 Å². The number of benzene rings is 2. The number of rotatable bonds is 16. The summed E-state index contributed by atoms with van der Waals surface area (Å²) in [5.74, 6) is -3.53. The van der Waals surface area contributed by atoms with Gasteiger partial charge in [-0.2, -0.15) is 0 Å². The number of hydrogen-bond acceptors (Lipinski definition) is 11. The number of carbonyl (C=O) groups is 5. The molecule has 1 amide bonds. The van der Waals surface area contributed by atoms with Crippen molar-refractivity contribution < 1.29 is 57.9 Å². The molecule has 0 bridgehead atoms. The molecule has 0 spiro atoms. The van der Waals surface area contributed by atoms with Crippen LogP contribution < -0.4 is 14.2 Å². The van der Waals surface area contributed by atoms with Gasteiger partial charge in [-0.1, -0.05) is 12.6 Å². The van der Waals surface area contributed by atoms with E-state index in [1.54, 1.807) is 12.1 Å². The van der Waals surface area contributed by atoms with Gasteiger partial charge in [-0.15, -0.1) is 0 Å². The summed E-state index contributed by atoms with van der Waals surface area (Å²) in [5.41, 5.74) is -0.399. The van der Waals surface area contributed by atoms with Gasteiger partial charge in [-0.05, 0) is 81.8 Å². The van der Waals surface area contributed by atoms with Crippen LogP contribution in [0.2, 0.25) is 0 Å². The Balaban J connectivity index is 1.89. The summed E-state index contributed by atoms with van der Waals surface area (Å²) in [5, 5.41) is 19.9. The van der Waals surface area contributed by atoms with E-state index in [9.17, 15) is 29.1 Å². The highest BCUT2D eigenvalue weighted by atomic mass is 16.5. The van der Waals surface area contributed by atoms with E-state index in [0.29, 0.717) is 30.8 Å². The lowest BCUT2D eigenvalue weighted by Gasteiger charge is -2.36. The van der Waals surface area contributed by atoms with Crippen LogP contribution in [0.5, 0.6) is 23.0 Å². The van der Waals surface area contributed by atoms with E-state index in [1.165, 1.54) is 51.2 Å². The van der Waals surface area contributed by atoms with Gasteiger partial charge in [0.15, 0.2) is 18.1 Å². The van der Waals surface area contributed by atoms with E-state index in [0.717, 1.165) is 11.6 Å². The zero-order valence-corrected chi connectivity index (χ0v) is 27.0. The number of ether oxygens (including phenoxy) is 5. The van der Waals surface area contributed by atoms with Crippen LogP contribution in [-0.4, -0.2) is 84.7 Å². The number of nitrogens with zero attached hydrogens (tertiary/aromatic N) is 1. The minimum atomic E-state index is -1.37. The van der Waals surface area contributed by atoms with Gasteiger partial charge in [0.25, 0.3) is 5.91 Å². The first kappa shape index (κ1) is 36.4. The summed E-state index contributed by atoms with van der Waals surface area (Å²) in [4.78, 5) is 64.3. The molecule has 13 heteroatoms. The summed E-state index contributed by atoms with van der Waals surface area (Å²) < 4.78 is 27.0. The third-order valence-corrected chi connectivity index (χ3v) is 7.70. The number of methoxy groups -OCH3 is 2. The second kappa shape index (κ2) is 16.5. The fraction of sp³-hybridized carbons (Fsp3) is 0.441. The number of ketones is 1. The van der Waals surface area contributed by atoms with Crippen LogP contribution >= 0.6 is 0 Å². The molecule has 1 saturated heterocycles. The molecule has 0 unspecified atom stereocenters. The van der Waals surface area contributed by atoms with Gasteiger partial charge in [0.2, 0.25) is 5.78 Å². The molecule has 13 nitrogen and oxygen atoms in total. The van der Waals surface area contributed by atoms with E-state index in [4.69, 9.17) is 28.8 Å². The molecule has 2 atom stereocenters. The average Bonchev–Trinajstić information content (AvgIpc) is 3.07. The predicted molar refractivity (Wildman–Crippen MR) is 167 cm³/mol. The number of phenolic OH excluding ortho intramolecular Hbond substituents is 1. The van der Waals surface area contributed by atoms with Crippen molar-refractivity contribution in [2.45, 2.75) is 58.1 Å². The lowest BCUT2D eigenvalue weighted by molar-refractivity contribution is -0.165. The van der Waals surface area contributed by atoms with Crippen molar-refractivity contribution in [1.82, 2.24) is 4.90 Å². The Morgan fingerprint density at radius 1 is 1.04 bits per heavy atom. The zero-order valence-electron chi connectivity index (χ0n) is 27.0. The summed E-state index contributed by atoms with van der Waals surface area (Å²) in [6, 6.07) is 8.31. The number of likely N-dealkylation sites (tertiary alicyclic amines) is 1. The van der Waals surface area contributed by atoms with Crippen molar-refractivity contribution in [1.29, 1.82) is 0 Å². The molecule has 3 rings (SSSR count). The van der Waals surface area contributed by atoms with E-state index in [2.05, 4.69) is 6.58 Å². The molecule has 1 aliphatic heterocycles. The number of aromatic hydroxyl groups is 1. The van der Waals surface area contributed by atoms with Crippen LogP contribution in [0.3, 0.4) is 0 Å². The number of piperidine rings is 1. The Bertz CT molecular complexity index is 1480. The maximum Gasteiger partial charge on any atom is 0.341 e. The number of phenols is 1. The van der Waals surface area contributed by atoms with E-state index >= 15 is 0 Å². The number of aliphatic carboxylic acids is 1. The largest absolute Gasteiger partial charge is 0.508 e. The van der Waals surface area contributed by atoms with Gasteiger partial charge in [0.1, 0.15) is 30.3 Å². The predicted octanol–water partition coefficient (Wildman–Crippen LogP) is 3.80. The Hall–Kier alpha value is -5.07. The van der Waals surface area contributed by atoms with Crippen molar-refractivity contribution in [3.63, 3.8) is 0 Å². The Morgan fingerprint density at radius 2 is 1.77 bits per heavy atom. The normalized spacial score (nSPS) is 15.1. The molecule has 1 aliphatic rings. The Morgan fingerprint density at radius 3 is 2.43 bits per heavy atom. The summed E-state index contributed by atoms with van der Waals surface area (Å²) >= 11 is 0. The first-order valence-electron chi connectivity index (χ1n) is 15.0. The molecule has 47 heavy (non-hydrogen) atoms. The third-order valence-electron chi connectivity index (χ3n) is 7.70. The van der Waals surface area contributed by atoms with E-state index in [-0.39, 0.29) is 43.1 Å². The molecule has 254 valence electrons. The van der Waals surface area contributed by atoms with Crippen molar-refractivity contribution in [3.8, 4) is 23.0 Å². The second-order valence-corrected chi connectivity index (χ2v) is 11.6. The average molecular weight is 656 g/mol. The molecular weight excluding hydrogens is 614 g/mol. The number of aryl methyl sites for hydroxylation is 1. The SMILES string of the molecule is C=CC(=O)OCC(C)(C)C(=O)C(=O)N1CCCC[C@H]1C(=O)O[C@H](CCc1ccc(OC)c(OC)c1)c1cc(OCC(=O)O)ccc1O. The van der Waals surface area contributed by atoms with Gasteiger partial charge < -0.3 is 38.8 Å². The molecule has 1 heterocycles. The van der Waals surface area contributed by atoms with Gasteiger partial charge in [0.05, 0.1) is 19.6 Å². The summed E-state index contributed by atoms with van der Waals surface area (Å²) in [6.07, 6.45) is 1.79. The standard InChI is InChI=1S/C34H41NO12/c1-6-30(39)46-20-34(2,3)31(40)32(41)35-16-8-7-9-24(35)33(42)47-26(14-10-21-11-15-27(43-4)28(17-21)44-5)23-18-22(12-13-25(23)36)45-19-29(37)38/h6,11-13,15,17-18,24,26,36H,1,7-10,14,16,19-20H2,2-5H3,(H,37,38)/t24-,26+/m0/s1. The smallest absolute Gasteiger partial charge is 0.341 e. The molecule has 2 N–H and O–H groups in total. The number of carbonyl (C=O) groups excluding carboxylic acids is 4. The highest BCUT2D eigenvalue weighted by molar-refractivity contribution is 6.38. The van der Waals surface area contributed by atoms with Crippen molar-refractivity contribution in [3.05, 3.63) is 60.2 Å². The Kier molecular flexibility index (Phi) is 12.8.